The van der Waals surface area contributed by atoms with Gasteiger partial charge in [-0.1, -0.05) is 12.1 Å². The van der Waals surface area contributed by atoms with E-state index in [2.05, 4.69) is 25.1 Å². The lowest BCUT2D eigenvalue weighted by Gasteiger charge is -2.30. The number of carbonyl (C=O) groups is 1. The summed E-state index contributed by atoms with van der Waals surface area (Å²) in [6, 6.07) is 13.6. The topological polar surface area (TPSA) is 83.5 Å². The molecule has 1 amide bonds. The molecule has 0 spiro atoms. The monoisotopic (exact) mass is 430 g/mol. The molecule has 0 aliphatic carbocycles. The average Bonchev–Trinajstić information content (AvgIpc) is 3.34. The van der Waals surface area contributed by atoms with E-state index < -0.39 is 0 Å². The van der Waals surface area contributed by atoms with Crippen LogP contribution in [0.15, 0.2) is 61.1 Å². The Morgan fingerprint density at radius 3 is 2.72 bits per heavy atom. The van der Waals surface area contributed by atoms with E-state index in [0.717, 1.165) is 43.0 Å². The standard InChI is InChI=1S/C24H26N6O2/c31-23(20-5-1-2-6-22(20)29-12-14-32-15-13-29)27-19-8-11-30(17-19)24-26-10-7-21(28-24)18-4-3-9-25-16-18/h1-7,9-10,16,19H,8,11-15,17H2,(H,27,31). The van der Waals surface area contributed by atoms with E-state index in [4.69, 9.17) is 9.72 Å². The van der Waals surface area contributed by atoms with Crippen molar-refractivity contribution in [2.45, 2.75) is 12.5 Å². The number of pyridine rings is 1. The Kier molecular flexibility index (Phi) is 5.93. The average molecular weight is 431 g/mol. The molecule has 2 saturated heterocycles. The highest BCUT2D eigenvalue weighted by atomic mass is 16.5. The van der Waals surface area contributed by atoms with E-state index in [0.29, 0.717) is 31.3 Å². The first-order chi connectivity index (χ1) is 15.8. The highest BCUT2D eigenvalue weighted by Crippen LogP contribution is 2.24. The number of nitrogens with one attached hydrogen (secondary N) is 1. The van der Waals surface area contributed by atoms with Gasteiger partial charge in [0.25, 0.3) is 5.91 Å². The van der Waals surface area contributed by atoms with Crippen molar-refractivity contribution < 1.29 is 9.53 Å². The highest BCUT2D eigenvalue weighted by Gasteiger charge is 2.27. The number of para-hydroxylation sites is 1. The molecule has 0 radical (unpaired) electrons. The lowest BCUT2D eigenvalue weighted by molar-refractivity contribution is 0.0939. The van der Waals surface area contributed by atoms with Crippen LogP contribution < -0.4 is 15.1 Å². The lowest BCUT2D eigenvalue weighted by atomic mass is 10.1. The van der Waals surface area contributed by atoms with Gasteiger partial charge in [-0.25, -0.2) is 9.97 Å². The van der Waals surface area contributed by atoms with Gasteiger partial charge in [-0.2, -0.15) is 0 Å². The molecule has 3 aromatic rings. The van der Waals surface area contributed by atoms with Crippen LogP contribution in [0.5, 0.6) is 0 Å². The maximum atomic E-state index is 13.1. The summed E-state index contributed by atoms with van der Waals surface area (Å²) in [5.41, 5.74) is 3.48. The summed E-state index contributed by atoms with van der Waals surface area (Å²) in [5.74, 6) is 0.640. The van der Waals surface area contributed by atoms with Gasteiger partial charge in [0, 0.05) is 62.1 Å². The molecule has 1 aromatic carbocycles. The summed E-state index contributed by atoms with van der Waals surface area (Å²) in [7, 11) is 0. The third-order valence-electron chi connectivity index (χ3n) is 5.91. The molecule has 32 heavy (non-hydrogen) atoms. The van der Waals surface area contributed by atoms with Crippen molar-refractivity contribution in [2.75, 3.05) is 49.2 Å². The highest BCUT2D eigenvalue weighted by molar-refractivity contribution is 6.00. The predicted octanol–water partition coefficient (Wildman–Crippen LogP) is 2.38. The van der Waals surface area contributed by atoms with E-state index in [-0.39, 0.29) is 11.9 Å². The van der Waals surface area contributed by atoms with Crippen LogP contribution in [0.2, 0.25) is 0 Å². The molecule has 1 atom stereocenters. The minimum atomic E-state index is -0.0380. The molecule has 5 rings (SSSR count). The Hall–Kier alpha value is -3.52. The Labute approximate surface area is 187 Å². The Morgan fingerprint density at radius 1 is 1.00 bits per heavy atom. The molecular weight excluding hydrogens is 404 g/mol. The van der Waals surface area contributed by atoms with Gasteiger partial charge in [0.2, 0.25) is 5.95 Å². The van der Waals surface area contributed by atoms with Crippen molar-refractivity contribution in [1.29, 1.82) is 0 Å². The molecule has 2 fully saturated rings. The fraction of sp³-hybridized carbons (Fsp3) is 0.333. The Morgan fingerprint density at radius 2 is 1.88 bits per heavy atom. The first-order valence-electron chi connectivity index (χ1n) is 11.0. The SMILES string of the molecule is O=C(NC1CCN(c2nccc(-c3cccnc3)n2)C1)c1ccccc1N1CCOCC1. The number of carbonyl (C=O) groups excluding carboxylic acids is 1. The van der Waals surface area contributed by atoms with Crippen molar-refractivity contribution in [3.8, 4) is 11.3 Å². The van der Waals surface area contributed by atoms with E-state index in [9.17, 15) is 4.79 Å². The number of benzene rings is 1. The molecule has 164 valence electrons. The first kappa shape index (κ1) is 20.4. The third kappa shape index (κ3) is 4.40. The molecule has 4 heterocycles. The second kappa shape index (κ2) is 9.32. The predicted molar refractivity (Wildman–Crippen MR) is 123 cm³/mol. The normalized spacial score (nSPS) is 18.6. The zero-order valence-electron chi connectivity index (χ0n) is 17.9. The number of hydrogen-bond donors (Lipinski definition) is 1. The number of ether oxygens (including phenoxy) is 1. The Bertz CT molecular complexity index is 1070. The lowest BCUT2D eigenvalue weighted by Crippen LogP contribution is -2.40. The van der Waals surface area contributed by atoms with E-state index in [1.807, 2.05) is 42.5 Å². The molecule has 1 unspecified atom stereocenters. The zero-order valence-corrected chi connectivity index (χ0v) is 17.9. The first-order valence-corrected chi connectivity index (χ1v) is 11.0. The van der Waals surface area contributed by atoms with Gasteiger partial charge < -0.3 is 19.9 Å². The quantitative estimate of drug-likeness (QED) is 0.665. The van der Waals surface area contributed by atoms with Gasteiger partial charge in [-0.15, -0.1) is 0 Å². The van der Waals surface area contributed by atoms with Crippen molar-refractivity contribution in [3.63, 3.8) is 0 Å². The maximum absolute atomic E-state index is 13.1. The number of morpholine rings is 1. The minimum absolute atomic E-state index is 0.0380. The van der Waals surface area contributed by atoms with Crippen LogP contribution in [0.3, 0.4) is 0 Å². The van der Waals surface area contributed by atoms with Crippen molar-refractivity contribution >= 4 is 17.5 Å². The smallest absolute Gasteiger partial charge is 0.253 e. The molecule has 8 nitrogen and oxygen atoms in total. The fourth-order valence-corrected chi connectivity index (χ4v) is 4.24. The second-order valence-corrected chi connectivity index (χ2v) is 8.01. The maximum Gasteiger partial charge on any atom is 0.253 e. The molecule has 8 heteroatoms. The second-order valence-electron chi connectivity index (χ2n) is 8.01. The summed E-state index contributed by atoms with van der Waals surface area (Å²) in [6.07, 6.45) is 6.17. The van der Waals surface area contributed by atoms with Crippen LogP contribution in [-0.2, 0) is 4.74 Å². The fourth-order valence-electron chi connectivity index (χ4n) is 4.24. The molecule has 2 aliphatic rings. The van der Waals surface area contributed by atoms with Gasteiger partial charge in [-0.05, 0) is 36.8 Å². The van der Waals surface area contributed by atoms with Gasteiger partial charge >= 0.3 is 0 Å². The number of anilines is 2. The number of hydrogen-bond acceptors (Lipinski definition) is 7. The van der Waals surface area contributed by atoms with E-state index >= 15 is 0 Å². The minimum Gasteiger partial charge on any atom is -0.378 e. The van der Waals surface area contributed by atoms with Crippen LogP contribution in [0.1, 0.15) is 16.8 Å². The number of amides is 1. The molecule has 2 aromatic heterocycles. The van der Waals surface area contributed by atoms with E-state index in [1.165, 1.54) is 0 Å². The van der Waals surface area contributed by atoms with Crippen LogP contribution in [0, 0.1) is 0 Å². The zero-order chi connectivity index (χ0) is 21.8. The Balaban J connectivity index is 1.26. The number of aromatic nitrogens is 3. The van der Waals surface area contributed by atoms with Gasteiger partial charge in [-0.3, -0.25) is 9.78 Å². The van der Waals surface area contributed by atoms with Crippen LogP contribution >= 0.6 is 0 Å². The van der Waals surface area contributed by atoms with Crippen molar-refractivity contribution in [3.05, 3.63) is 66.6 Å². The van der Waals surface area contributed by atoms with Gasteiger partial charge in [0.15, 0.2) is 0 Å². The molecule has 0 bridgehead atoms. The summed E-state index contributed by atoms with van der Waals surface area (Å²) < 4.78 is 5.46. The third-order valence-corrected chi connectivity index (χ3v) is 5.91. The molecular formula is C24H26N6O2. The summed E-state index contributed by atoms with van der Waals surface area (Å²) in [4.78, 5) is 30.8. The molecule has 1 N–H and O–H groups in total. The van der Waals surface area contributed by atoms with Gasteiger partial charge in [0.05, 0.1) is 24.5 Å². The van der Waals surface area contributed by atoms with E-state index in [1.54, 1.807) is 18.6 Å². The molecule has 0 saturated carbocycles. The molecule has 2 aliphatic heterocycles. The van der Waals surface area contributed by atoms with Crippen LogP contribution in [0.25, 0.3) is 11.3 Å². The van der Waals surface area contributed by atoms with Crippen LogP contribution in [-0.4, -0.2) is 66.3 Å². The number of nitrogens with zero attached hydrogens (tertiary/aromatic N) is 5. The largest absolute Gasteiger partial charge is 0.378 e. The summed E-state index contributed by atoms with van der Waals surface area (Å²) in [5, 5.41) is 3.22. The van der Waals surface area contributed by atoms with Crippen LogP contribution in [0.4, 0.5) is 11.6 Å². The number of rotatable bonds is 5. The van der Waals surface area contributed by atoms with Crippen molar-refractivity contribution in [2.24, 2.45) is 0 Å². The van der Waals surface area contributed by atoms with Crippen molar-refractivity contribution in [1.82, 2.24) is 20.3 Å². The summed E-state index contributed by atoms with van der Waals surface area (Å²) >= 11 is 0. The summed E-state index contributed by atoms with van der Waals surface area (Å²) in [6.45, 7) is 4.45. The van der Waals surface area contributed by atoms with Gasteiger partial charge in [0.1, 0.15) is 0 Å².